The van der Waals surface area contributed by atoms with Gasteiger partial charge in [-0.05, 0) is 36.8 Å². The van der Waals surface area contributed by atoms with Crippen LogP contribution in [0.4, 0.5) is 10.5 Å². The fourth-order valence-corrected chi connectivity index (χ4v) is 2.11. The van der Waals surface area contributed by atoms with Gasteiger partial charge in [-0.1, -0.05) is 35.5 Å². The van der Waals surface area contributed by atoms with Crippen LogP contribution in [0.5, 0.6) is 0 Å². The van der Waals surface area contributed by atoms with Crippen molar-refractivity contribution in [3.05, 3.63) is 78.9 Å². The molecule has 0 bridgehead atoms. The van der Waals surface area contributed by atoms with E-state index in [4.69, 9.17) is 4.84 Å². The number of nitrogens with zero attached hydrogens (tertiary/aromatic N) is 3. The zero-order valence-corrected chi connectivity index (χ0v) is 13.1. The molecule has 1 heterocycles. The Balaban J connectivity index is 1.62. The van der Waals surface area contributed by atoms with Crippen LogP contribution in [-0.2, 0) is 4.84 Å². The van der Waals surface area contributed by atoms with Crippen molar-refractivity contribution < 1.29 is 9.63 Å². The van der Waals surface area contributed by atoms with Crippen molar-refractivity contribution in [1.29, 1.82) is 0 Å². The van der Waals surface area contributed by atoms with E-state index in [1.54, 1.807) is 31.6 Å². The van der Waals surface area contributed by atoms with Crippen LogP contribution in [0.3, 0.4) is 0 Å². The monoisotopic (exact) mass is 320 g/mol. The number of para-hydroxylation sites is 1. The van der Waals surface area contributed by atoms with Crippen molar-refractivity contribution in [2.75, 3.05) is 5.32 Å². The number of hydrogen-bond acceptors (Lipinski definition) is 4. The van der Waals surface area contributed by atoms with Crippen LogP contribution in [0.1, 0.15) is 12.5 Å². The van der Waals surface area contributed by atoms with Gasteiger partial charge in [0.1, 0.15) is 0 Å². The first-order valence-electron chi connectivity index (χ1n) is 7.39. The van der Waals surface area contributed by atoms with Gasteiger partial charge in [-0.2, -0.15) is 0 Å². The van der Waals surface area contributed by atoms with E-state index in [1.807, 2.05) is 53.2 Å². The van der Waals surface area contributed by atoms with Gasteiger partial charge in [-0.25, -0.2) is 9.78 Å². The Morgan fingerprint density at radius 2 is 1.88 bits per heavy atom. The predicted molar refractivity (Wildman–Crippen MR) is 92.3 cm³/mol. The van der Waals surface area contributed by atoms with Gasteiger partial charge in [0.15, 0.2) is 0 Å². The molecule has 1 amide bonds. The third kappa shape index (κ3) is 3.86. The predicted octanol–water partition coefficient (Wildman–Crippen LogP) is 3.85. The molecule has 0 saturated carbocycles. The summed E-state index contributed by atoms with van der Waals surface area (Å²) in [6.07, 6.45) is 4.69. The first-order chi connectivity index (χ1) is 11.7. The Kier molecular flexibility index (Phi) is 4.67. The lowest BCUT2D eigenvalue weighted by atomic mass is 10.1. The third-order valence-electron chi connectivity index (χ3n) is 3.37. The van der Waals surface area contributed by atoms with Crippen molar-refractivity contribution in [1.82, 2.24) is 9.55 Å². The zero-order valence-electron chi connectivity index (χ0n) is 13.1. The van der Waals surface area contributed by atoms with Gasteiger partial charge in [0.05, 0.1) is 12.0 Å². The van der Waals surface area contributed by atoms with E-state index in [0.717, 1.165) is 11.3 Å². The molecular weight excluding hydrogens is 304 g/mol. The molecule has 6 nitrogen and oxygen atoms in total. The number of nitrogens with one attached hydrogen (secondary N) is 1. The molecule has 2 aromatic carbocycles. The number of benzene rings is 2. The first-order valence-corrected chi connectivity index (χ1v) is 7.39. The lowest BCUT2D eigenvalue weighted by Crippen LogP contribution is -2.11. The Labute approximate surface area is 139 Å². The van der Waals surface area contributed by atoms with E-state index in [0.29, 0.717) is 11.4 Å². The maximum atomic E-state index is 11.7. The van der Waals surface area contributed by atoms with Crippen LogP contribution in [0.2, 0.25) is 0 Å². The molecule has 120 valence electrons. The highest BCUT2D eigenvalue weighted by Crippen LogP contribution is 2.11. The SMILES string of the molecule is C/C(=N\OC(=O)Nc1ccccc1)c1ccc(-n2ccnc2)cc1. The number of carbonyl (C=O) groups excluding carboxylic acids is 1. The number of hydrogen-bond donors (Lipinski definition) is 1. The lowest BCUT2D eigenvalue weighted by Gasteiger charge is -2.05. The highest BCUT2D eigenvalue weighted by Gasteiger charge is 2.04. The number of rotatable bonds is 4. The Morgan fingerprint density at radius 1 is 1.12 bits per heavy atom. The van der Waals surface area contributed by atoms with Crippen molar-refractivity contribution in [2.45, 2.75) is 6.92 Å². The Bertz CT molecular complexity index is 825. The second-order valence-electron chi connectivity index (χ2n) is 5.06. The second kappa shape index (κ2) is 7.23. The van der Waals surface area contributed by atoms with E-state index in [-0.39, 0.29) is 0 Å². The van der Waals surface area contributed by atoms with Gasteiger partial charge in [-0.15, -0.1) is 0 Å². The van der Waals surface area contributed by atoms with Crippen LogP contribution < -0.4 is 5.32 Å². The van der Waals surface area contributed by atoms with Crippen LogP contribution in [0.25, 0.3) is 5.69 Å². The fraction of sp³-hybridized carbons (Fsp3) is 0.0556. The molecule has 1 N–H and O–H groups in total. The highest BCUT2D eigenvalue weighted by molar-refractivity contribution is 5.99. The largest absolute Gasteiger partial charge is 0.437 e. The third-order valence-corrected chi connectivity index (χ3v) is 3.37. The van der Waals surface area contributed by atoms with Gasteiger partial charge in [-0.3, -0.25) is 10.2 Å². The molecule has 24 heavy (non-hydrogen) atoms. The average molecular weight is 320 g/mol. The molecule has 1 aromatic heterocycles. The summed E-state index contributed by atoms with van der Waals surface area (Å²) in [6.45, 7) is 1.78. The molecule has 6 heteroatoms. The van der Waals surface area contributed by atoms with E-state index in [1.165, 1.54) is 0 Å². The first kappa shape index (κ1) is 15.5. The maximum absolute atomic E-state index is 11.7. The second-order valence-corrected chi connectivity index (χ2v) is 5.06. The van der Waals surface area contributed by atoms with E-state index in [2.05, 4.69) is 15.5 Å². The molecule has 0 aliphatic rings. The minimum absolute atomic E-state index is 0.607. The lowest BCUT2D eigenvalue weighted by molar-refractivity contribution is 0.166. The van der Waals surface area contributed by atoms with E-state index in [9.17, 15) is 4.79 Å². The minimum atomic E-state index is -0.629. The summed E-state index contributed by atoms with van der Waals surface area (Å²) in [5.41, 5.74) is 3.12. The molecule has 0 fully saturated rings. The molecular formula is C18H16N4O2. The summed E-state index contributed by atoms with van der Waals surface area (Å²) in [5.74, 6) is 0. The Hall–Kier alpha value is -3.41. The molecule has 0 unspecified atom stereocenters. The van der Waals surface area contributed by atoms with Crippen LogP contribution in [0.15, 0.2) is 78.5 Å². The smallest absolute Gasteiger partial charge is 0.306 e. The fourth-order valence-electron chi connectivity index (χ4n) is 2.11. The summed E-state index contributed by atoms with van der Waals surface area (Å²) in [4.78, 5) is 20.6. The molecule has 0 spiro atoms. The van der Waals surface area contributed by atoms with Crippen LogP contribution in [0, 0.1) is 0 Å². The number of aromatic nitrogens is 2. The van der Waals surface area contributed by atoms with Crippen molar-refractivity contribution in [3.8, 4) is 5.69 Å². The molecule has 3 rings (SSSR count). The minimum Gasteiger partial charge on any atom is -0.306 e. The van der Waals surface area contributed by atoms with Crippen LogP contribution >= 0.6 is 0 Å². The molecule has 0 saturated heterocycles. The quantitative estimate of drug-likeness (QED) is 0.451. The molecule has 3 aromatic rings. The van der Waals surface area contributed by atoms with E-state index >= 15 is 0 Å². The summed E-state index contributed by atoms with van der Waals surface area (Å²) in [5, 5.41) is 6.47. The van der Waals surface area contributed by atoms with Gasteiger partial charge >= 0.3 is 6.09 Å². The topological polar surface area (TPSA) is 68.5 Å². The molecule has 0 atom stereocenters. The Morgan fingerprint density at radius 3 is 2.54 bits per heavy atom. The van der Waals surface area contributed by atoms with Gasteiger partial charge in [0, 0.05) is 23.8 Å². The zero-order chi connectivity index (χ0) is 16.8. The summed E-state index contributed by atoms with van der Waals surface area (Å²) < 4.78 is 1.90. The van der Waals surface area contributed by atoms with E-state index < -0.39 is 6.09 Å². The van der Waals surface area contributed by atoms with Crippen molar-refractivity contribution in [3.63, 3.8) is 0 Å². The molecule has 0 radical (unpaired) electrons. The van der Waals surface area contributed by atoms with Crippen molar-refractivity contribution >= 4 is 17.5 Å². The summed E-state index contributed by atoms with van der Waals surface area (Å²) in [6, 6.07) is 16.8. The number of carbonyl (C=O) groups is 1. The van der Waals surface area contributed by atoms with Gasteiger partial charge in [0.25, 0.3) is 0 Å². The molecule has 0 aliphatic heterocycles. The standard InChI is InChI=1S/C18H16N4O2/c1-14(21-24-18(23)20-16-5-3-2-4-6-16)15-7-9-17(10-8-15)22-12-11-19-13-22/h2-13H,1H3,(H,20,23)/b21-14+. The summed E-state index contributed by atoms with van der Waals surface area (Å²) >= 11 is 0. The average Bonchev–Trinajstić information content (AvgIpc) is 3.15. The number of oxime groups is 1. The van der Waals surface area contributed by atoms with Gasteiger partial charge < -0.3 is 4.57 Å². The highest BCUT2D eigenvalue weighted by atomic mass is 16.7. The normalized spacial score (nSPS) is 11.1. The van der Waals surface area contributed by atoms with Gasteiger partial charge in [0.2, 0.25) is 0 Å². The number of imidazole rings is 1. The summed E-state index contributed by atoms with van der Waals surface area (Å²) in [7, 11) is 0. The van der Waals surface area contributed by atoms with Crippen LogP contribution in [-0.4, -0.2) is 21.4 Å². The maximum Gasteiger partial charge on any atom is 0.437 e. The number of amides is 1. The molecule has 0 aliphatic carbocycles. The number of anilines is 1. The van der Waals surface area contributed by atoms with Crippen molar-refractivity contribution in [2.24, 2.45) is 5.16 Å².